The summed E-state index contributed by atoms with van der Waals surface area (Å²) in [6.07, 6.45) is 4.14. The molecule has 2 aliphatic rings. The van der Waals surface area contributed by atoms with Crippen molar-refractivity contribution in [3.05, 3.63) is 112 Å². The molecule has 0 saturated carbocycles. The van der Waals surface area contributed by atoms with Crippen molar-refractivity contribution < 1.29 is 28.7 Å². The van der Waals surface area contributed by atoms with Crippen molar-refractivity contribution in [2.24, 2.45) is 17.8 Å². The number of esters is 1. The van der Waals surface area contributed by atoms with Crippen LogP contribution in [0.3, 0.4) is 0 Å². The number of ether oxygens (including phenoxy) is 1. The number of hydrogen-bond donors (Lipinski definition) is 0. The summed E-state index contributed by atoms with van der Waals surface area (Å²) < 4.78 is 5.41. The van der Waals surface area contributed by atoms with E-state index >= 15 is 0 Å². The lowest BCUT2D eigenvalue weighted by molar-refractivity contribution is -0.154. The number of aryl methyl sites for hydroxylation is 1. The first-order valence-corrected chi connectivity index (χ1v) is 13.6. The van der Waals surface area contributed by atoms with Crippen LogP contribution in [0.2, 0.25) is 5.02 Å². The van der Waals surface area contributed by atoms with Gasteiger partial charge in [0.15, 0.2) is 5.78 Å². The number of Topliss-reactive ketones (excluding diaryl/α,β-unsaturated/α-hetero) is 1. The molecule has 1 saturated heterocycles. The van der Waals surface area contributed by atoms with Crippen LogP contribution < -0.4 is 4.74 Å². The molecule has 3 aromatic rings. The van der Waals surface area contributed by atoms with Crippen LogP contribution in [0.1, 0.15) is 50.0 Å². The number of ketones is 1. The Balaban J connectivity index is 1.38. The van der Waals surface area contributed by atoms with Crippen molar-refractivity contribution >= 4 is 41.1 Å². The smallest absolute Gasteiger partial charge is 0.343 e. The third-order valence-corrected chi connectivity index (χ3v) is 7.64. The topological polar surface area (TPSA) is 101 Å². The zero-order valence-corrected chi connectivity index (χ0v) is 23.2. The fourth-order valence-electron chi connectivity index (χ4n) is 5.14. The molecule has 3 atom stereocenters. The minimum absolute atomic E-state index is 0.169. The fraction of sp³-hybridized carbons (Fsp3) is 0.219. The van der Waals surface area contributed by atoms with Gasteiger partial charge in [0, 0.05) is 16.1 Å². The second-order valence-corrected chi connectivity index (χ2v) is 10.7. The molecule has 0 radical (unpaired) electrons. The number of nitrogens with zero attached hydrogens (tertiary/aromatic N) is 2. The van der Waals surface area contributed by atoms with E-state index in [0.29, 0.717) is 17.0 Å². The number of hydrazine groups is 1. The van der Waals surface area contributed by atoms with Gasteiger partial charge in [-0.1, -0.05) is 48.4 Å². The molecule has 9 heteroatoms. The van der Waals surface area contributed by atoms with Crippen molar-refractivity contribution in [1.29, 1.82) is 0 Å². The number of rotatable bonds is 7. The van der Waals surface area contributed by atoms with Crippen molar-refractivity contribution in [1.82, 2.24) is 10.0 Å². The van der Waals surface area contributed by atoms with E-state index in [0.717, 1.165) is 15.6 Å². The quantitative estimate of drug-likeness (QED) is 0.126. The maximum absolute atomic E-state index is 13.6. The largest absolute Gasteiger partial charge is 0.423 e. The van der Waals surface area contributed by atoms with Crippen LogP contribution in [0.25, 0.3) is 0 Å². The number of hydrogen-bond acceptors (Lipinski definition) is 6. The van der Waals surface area contributed by atoms with Gasteiger partial charge in [-0.05, 0) is 79.9 Å². The van der Waals surface area contributed by atoms with Gasteiger partial charge in [0.1, 0.15) is 12.3 Å². The minimum atomic E-state index is -0.681. The van der Waals surface area contributed by atoms with E-state index in [1.165, 1.54) is 48.5 Å². The summed E-state index contributed by atoms with van der Waals surface area (Å²) in [6.45, 7) is 3.21. The third-order valence-electron chi connectivity index (χ3n) is 7.38. The summed E-state index contributed by atoms with van der Waals surface area (Å²) in [5.41, 5.74) is 1.77. The molecular weight excluding hydrogens is 544 g/mol. The minimum Gasteiger partial charge on any atom is -0.423 e. The lowest BCUT2D eigenvalue weighted by atomic mass is 9.78. The Bertz CT molecular complexity index is 1550. The van der Waals surface area contributed by atoms with Gasteiger partial charge in [0.2, 0.25) is 0 Å². The fourth-order valence-corrected chi connectivity index (χ4v) is 5.26. The summed E-state index contributed by atoms with van der Waals surface area (Å²) in [6, 6.07) is 18.8. The molecule has 1 heterocycles. The Hall–Kier alpha value is -4.56. The van der Waals surface area contributed by atoms with Gasteiger partial charge in [0.25, 0.3) is 17.7 Å². The molecule has 1 aliphatic heterocycles. The van der Waals surface area contributed by atoms with E-state index in [-0.39, 0.29) is 22.8 Å². The normalized spacial score (nSPS) is 19.6. The van der Waals surface area contributed by atoms with E-state index in [9.17, 15) is 24.0 Å². The van der Waals surface area contributed by atoms with E-state index in [1.54, 1.807) is 24.3 Å². The summed E-state index contributed by atoms with van der Waals surface area (Å²) >= 11 is 5.98. The maximum Gasteiger partial charge on any atom is 0.343 e. The first kappa shape index (κ1) is 28.0. The number of fused-ring (bicyclic) bond motifs is 1. The molecule has 1 fully saturated rings. The average molecular weight is 571 g/mol. The molecule has 0 N–H and O–H groups in total. The van der Waals surface area contributed by atoms with Crippen LogP contribution in [0, 0.1) is 24.7 Å². The van der Waals surface area contributed by atoms with E-state index in [4.69, 9.17) is 16.3 Å². The van der Waals surface area contributed by atoms with Crippen LogP contribution in [-0.4, -0.2) is 46.0 Å². The van der Waals surface area contributed by atoms with Crippen LogP contribution >= 0.6 is 11.6 Å². The third kappa shape index (κ3) is 5.69. The van der Waals surface area contributed by atoms with Crippen LogP contribution in [0.4, 0.5) is 0 Å². The van der Waals surface area contributed by atoms with Crippen molar-refractivity contribution in [3.63, 3.8) is 0 Å². The zero-order chi connectivity index (χ0) is 29.3. The highest BCUT2D eigenvalue weighted by molar-refractivity contribution is 6.30. The second kappa shape index (κ2) is 11.5. The molecule has 41 heavy (non-hydrogen) atoms. The standard InChI is InChI=1S/C32H27ClN2O6/c1-19-6-8-23(9-7-19)32(40)41-25-16-12-21(13-17-25)27(36)18-34(29(37)22-10-14-24(33)15-11-22)35-30(38)26-5-3-4-20(2)28(26)31(35)39/h3-4,6-17,20,26,28H,5,18H2,1-2H3/t20-,26+,28+/m0/s1. The lowest BCUT2D eigenvalue weighted by Gasteiger charge is -2.30. The number of carbonyl (C=O) groups excluding carboxylic acids is 5. The molecule has 5 rings (SSSR count). The highest BCUT2D eigenvalue weighted by Gasteiger charge is 2.53. The molecule has 0 aromatic heterocycles. The van der Waals surface area contributed by atoms with Gasteiger partial charge in [0.05, 0.1) is 17.4 Å². The molecule has 3 amide bonds. The van der Waals surface area contributed by atoms with Crippen LogP contribution in [-0.2, 0) is 9.59 Å². The Morgan fingerprint density at radius 1 is 0.878 bits per heavy atom. The summed E-state index contributed by atoms with van der Waals surface area (Å²) in [5, 5.41) is 2.17. The van der Waals surface area contributed by atoms with Gasteiger partial charge in [-0.25, -0.2) is 9.80 Å². The maximum atomic E-state index is 13.6. The molecule has 8 nitrogen and oxygen atoms in total. The number of benzene rings is 3. The Morgan fingerprint density at radius 2 is 1.49 bits per heavy atom. The number of allylic oxidation sites excluding steroid dienone is 2. The molecular formula is C32H27ClN2O6. The predicted octanol–water partition coefficient (Wildman–Crippen LogP) is 5.30. The predicted molar refractivity (Wildman–Crippen MR) is 151 cm³/mol. The Kier molecular flexibility index (Phi) is 7.85. The number of amides is 3. The number of imide groups is 1. The zero-order valence-electron chi connectivity index (χ0n) is 22.5. The average Bonchev–Trinajstić information content (AvgIpc) is 3.22. The van der Waals surface area contributed by atoms with E-state index < -0.39 is 47.9 Å². The van der Waals surface area contributed by atoms with Gasteiger partial charge in [-0.2, -0.15) is 5.01 Å². The number of carbonyl (C=O) groups is 5. The van der Waals surface area contributed by atoms with Crippen LogP contribution in [0.15, 0.2) is 84.9 Å². The lowest BCUT2D eigenvalue weighted by Crippen LogP contribution is -2.52. The monoisotopic (exact) mass is 570 g/mol. The van der Waals surface area contributed by atoms with Crippen molar-refractivity contribution in [3.8, 4) is 5.75 Å². The molecule has 0 bridgehead atoms. The van der Waals surface area contributed by atoms with Crippen molar-refractivity contribution in [2.75, 3.05) is 6.54 Å². The van der Waals surface area contributed by atoms with Crippen LogP contribution in [0.5, 0.6) is 5.75 Å². The molecule has 0 spiro atoms. The van der Waals surface area contributed by atoms with E-state index in [1.807, 2.05) is 26.0 Å². The first-order valence-electron chi connectivity index (χ1n) is 13.2. The van der Waals surface area contributed by atoms with E-state index in [2.05, 4.69) is 0 Å². The second-order valence-electron chi connectivity index (χ2n) is 10.2. The van der Waals surface area contributed by atoms with Crippen molar-refractivity contribution in [2.45, 2.75) is 20.3 Å². The van der Waals surface area contributed by atoms with Gasteiger partial charge < -0.3 is 4.74 Å². The first-order chi connectivity index (χ1) is 19.6. The SMILES string of the molecule is Cc1ccc(C(=O)Oc2ccc(C(=O)CN(C(=O)c3ccc(Cl)cc3)N3C(=O)[C@@H]4[C@@H](C)C=CC[C@H]4C3=O)cc2)cc1. The van der Waals surface area contributed by atoms with Gasteiger partial charge >= 0.3 is 5.97 Å². The highest BCUT2D eigenvalue weighted by atomic mass is 35.5. The van der Waals surface area contributed by atoms with Gasteiger partial charge in [-0.15, -0.1) is 0 Å². The van der Waals surface area contributed by atoms with Gasteiger partial charge in [-0.3, -0.25) is 19.2 Å². The summed E-state index contributed by atoms with van der Waals surface area (Å²) in [4.78, 5) is 66.4. The number of halogens is 1. The Labute approximate surface area is 242 Å². The molecule has 0 unspecified atom stereocenters. The molecule has 3 aromatic carbocycles. The molecule has 1 aliphatic carbocycles. The summed E-state index contributed by atoms with van der Waals surface area (Å²) in [5.74, 6) is -3.91. The highest BCUT2D eigenvalue weighted by Crippen LogP contribution is 2.39. The summed E-state index contributed by atoms with van der Waals surface area (Å²) in [7, 11) is 0. The Morgan fingerprint density at radius 3 is 2.12 bits per heavy atom. The molecule has 208 valence electrons.